The fraction of sp³-hybridized carbons (Fsp3) is 0.500. The maximum Gasteiger partial charge on any atom is 0.233 e. The summed E-state index contributed by atoms with van der Waals surface area (Å²) in [4.78, 5) is 14.9. The summed E-state index contributed by atoms with van der Waals surface area (Å²) in [5.41, 5.74) is 1.05. The van der Waals surface area contributed by atoms with Crippen LogP contribution in [0.3, 0.4) is 0 Å². The smallest absolute Gasteiger partial charge is 0.233 e. The van der Waals surface area contributed by atoms with Crippen LogP contribution in [0.5, 0.6) is 0 Å². The Hall–Kier alpha value is -2.17. The number of rotatable bonds is 4. The van der Waals surface area contributed by atoms with Gasteiger partial charge in [-0.25, -0.2) is 0 Å². The van der Waals surface area contributed by atoms with Gasteiger partial charge in [0.2, 0.25) is 5.91 Å². The largest absolute Gasteiger partial charge is 0.340 e. The van der Waals surface area contributed by atoms with Crippen molar-refractivity contribution in [1.82, 2.24) is 19.7 Å². The summed E-state index contributed by atoms with van der Waals surface area (Å²) in [6, 6.07) is 10.3. The molecule has 0 fully saturated rings. The number of fused-ring (bicyclic) bond motifs is 1. The van der Waals surface area contributed by atoms with Crippen molar-refractivity contribution in [3.8, 4) is 11.4 Å². The standard InChI is InChI=1S/C18H24N4O/c1-4-21(13(2)3)18(23)15-11-8-12-22-16(19-20-17(15)22)14-9-6-5-7-10-14/h5-7,9-10,13,15H,4,8,11-12H2,1-3H3. The van der Waals surface area contributed by atoms with Gasteiger partial charge in [-0.05, 0) is 33.6 Å². The van der Waals surface area contributed by atoms with E-state index in [0.717, 1.165) is 43.1 Å². The first-order valence-electron chi connectivity index (χ1n) is 8.42. The first-order chi connectivity index (χ1) is 11.1. The van der Waals surface area contributed by atoms with Crippen LogP contribution in [-0.4, -0.2) is 38.2 Å². The first kappa shape index (κ1) is 15.7. The lowest BCUT2D eigenvalue weighted by molar-refractivity contribution is -0.135. The van der Waals surface area contributed by atoms with Crippen LogP contribution < -0.4 is 0 Å². The van der Waals surface area contributed by atoms with Crippen molar-refractivity contribution in [2.24, 2.45) is 0 Å². The van der Waals surface area contributed by atoms with Gasteiger partial charge in [-0.15, -0.1) is 10.2 Å². The summed E-state index contributed by atoms with van der Waals surface area (Å²) in [7, 11) is 0. The number of hydrogen-bond acceptors (Lipinski definition) is 3. The molecule has 2 aromatic rings. The van der Waals surface area contributed by atoms with Crippen molar-refractivity contribution in [1.29, 1.82) is 0 Å². The Morgan fingerprint density at radius 2 is 2.04 bits per heavy atom. The lowest BCUT2D eigenvalue weighted by atomic mass is 9.96. The van der Waals surface area contributed by atoms with Crippen LogP contribution >= 0.6 is 0 Å². The molecule has 5 nitrogen and oxygen atoms in total. The lowest BCUT2D eigenvalue weighted by Gasteiger charge is -2.31. The molecule has 23 heavy (non-hydrogen) atoms. The number of benzene rings is 1. The summed E-state index contributed by atoms with van der Waals surface area (Å²) in [5, 5.41) is 8.75. The van der Waals surface area contributed by atoms with Crippen molar-refractivity contribution in [3.63, 3.8) is 0 Å². The third kappa shape index (κ3) is 2.87. The van der Waals surface area contributed by atoms with E-state index in [-0.39, 0.29) is 17.9 Å². The van der Waals surface area contributed by atoms with Crippen LogP contribution in [0.15, 0.2) is 30.3 Å². The second-order valence-corrected chi connectivity index (χ2v) is 6.31. The predicted octanol–water partition coefficient (Wildman–Crippen LogP) is 3.08. The van der Waals surface area contributed by atoms with Gasteiger partial charge in [0.05, 0.1) is 5.92 Å². The van der Waals surface area contributed by atoms with Crippen LogP contribution in [-0.2, 0) is 11.3 Å². The quantitative estimate of drug-likeness (QED) is 0.872. The van der Waals surface area contributed by atoms with Gasteiger partial charge in [-0.3, -0.25) is 4.79 Å². The highest BCUT2D eigenvalue weighted by atomic mass is 16.2. The van der Waals surface area contributed by atoms with Crippen LogP contribution in [0, 0.1) is 0 Å². The van der Waals surface area contributed by atoms with E-state index in [1.54, 1.807) is 0 Å². The number of carbonyl (C=O) groups is 1. The molecule has 2 heterocycles. The van der Waals surface area contributed by atoms with Gasteiger partial charge in [0.15, 0.2) is 5.82 Å². The molecular weight excluding hydrogens is 288 g/mol. The van der Waals surface area contributed by atoms with Crippen molar-refractivity contribution >= 4 is 5.91 Å². The highest BCUT2D eigenvalue weighted by Gasteiger charge is 2.34. The Labute approximate surface area is 137 Å². The second-order valence-electron chi connectivity index (χ2n) is 6.31. The molecule has 3 rings (SSSR count). The number of aromatic nitrogens is 3. The third-order valence-corrected chi connectivity index (χ3v) is 4.54. The molecule has 1 aliphatic rings. The average molecular weight is 312 g/mol. The summed E-state index contributed by atoms with van der Waals surface area (Å²) in [5.74, 6) is 1.69. The fourth-order valence-corrected chi connectivity index (χ4v) is 3.39. The van der Waals surface area contributed by atoms with E-state index >= 15 is 0 Å². The van der Waals surface area contributed by atoms with E-state index in [1.165, 1.54) is 0 Å². The van der Waals surface area contributed by atoms with Crippen LogP contribution in [0.25, 0.3) is 11.4 Å². The van der Waals surface area contributed by atoms with Gasteiger partial charge in [0, 0.05) is 24.7 Å². The predicted molar refractivity (Wildman–Crippen MR) is 90.0 cm³/mol. The van der Waals surface area contributed by atoms with Crippen molar-refractivity contribution in [2.75, 3.05) is 6.54 Å². The highest BCUT2D eigenvalue weighted by molar-refractivity contribution is 5.83. The topological polar surface area (TPSA) is 51.0 Å². The van der Waals surface area contributed by atoms with Crippen molar-refractivity contribution in [3.05, 3.63) is 36.2 Å². The van der Waals surface area contributed by atoms with Gasteiger partial charge in [0.1, 0.15) is 5.82 Å². The maximum atomic E-state index is 12.9. The van der Waals surface area contributed by atoms with E-state index in [2.05, 4.69) is 28.6 Å². The molecular formula is C18H24N4O. The Morgan fingerprint density at radius 1 is 1.30 bits per heavy atom. The third-order valence-electron chi connectivity index (χ3n) is 4.54. The Kier molecular flexibility index (Phi) is 4.46. The fourth-order valence-electron chi connectivity index (χ4n) is 3.39. The van der Waals surface area contributed by atoms with Gasteiger partial charge < -0.3 is 9.47 Å². The molecule has 1 aliphatic heterocycles. The maximum absolute atomic E-state index is 12.9. The molecule has 0 aliphatic carbocycles. The molecule has 0 N–H and O–H groups in total. The lowest BCUT2D eigenvalue weighted by Crippen LogP contribution is -2.41. The van der Waals surface area contributed by atoms with E-state index < -0.39 is 0 Å². The second kappa shape index (κ2) is 6.52. The molecule has 0 bridgehead atoms. The summed E-state index contributed by atoms with van der Waals surface area (Å²) >= 11 is 0. The summed E-state index contributed by atoms with van der Waals surface area (Å²) < 4.78 is 2.12. The summed E-state index contributed by atoms with van der Waals surface area (Å²) in [6.45, 7) is 7.76. The zero-order chi connectivity index (χ0) is 16.4. The van der Waals surface area contributed by atoms with E-state index in [0.29, 0.717) is 0 Å². The molecule has 1 atom stereocenters. The van der Waals surface area contributed by atoms with Crippen LogP contribution in [0.2, 0.25) is 0 Å². The van der Waals surface area contributed by atoms with E-state index in [9.17, 15) is 4.79 Å². The molecule has 0 radical (unpaired) electrons. The van der Waals surface area contributed by atoms with Gasteiger partial charge in [0.25, 0.3) is 0 Å². The molecule has 122 valence electrons. The zero-order valence-corrected chi connectivity index (χ0v) is 14.1. The first-order valence-corrected chi connectivity index (χ1v) is 8.42. The molecule has 1 aromatic carbocycles. The number of carbonyl (C=O) groups excluding carboxylic acids is 1. The monoisotopic (exact) mass is 312 g/mol. The minimum Gasteiger partial charge on any atom is -0.340 e. The molecule has 0 spiro atoms. The minimum absolute atomic E-state index is 0.170. The molecule has 1 aromatic heterocycles. The normalized spacial score (nSPS) is 17.1. The molecule has 5 heteroatoms. The molecule has 1 amide bonds. The summed E-state index contributed by atoms with van der Waals surface area (Å²) in [6.07, 6.45) is 1.84. The number of amides is 1. The highest BCUT2D eigenvalue weighted by Crippen LogP contribution is 2.31. The Balaban J connectivity index is 1.95. The number of nitrogens with zero attached hydrogens (tertiary/aromatic N) is 4. The van der Waals surface area contributed by atoms with Gasteiger partial charge in [-0.1, -0.05) is 30.3 Å². The Morgan fingerprint density at radius 3 is 2.70 bits per heavy atom. The molecule has 0 saturated heterocycles. The van der Waals surface area contributed by atoms with Crippen LogP contribution in [0.4, 0.5) is 0 Å². The minimum atomic E-state index is -0.170. The number of likely N-dealkylation sites (N-methyl/N-ethyl adjacent to an activating group) is 1. The number of hydrogen-bond donors (Lipinski definition) is 0. The molecule has 0 saturated carbocycles. The van der Waals surface area contributed by atoms with Crippen LogP contribution in [0.1, 0.15) is 45.4 Å². The van der Waals surface area contributed by atoms with Crippen molar-refractivity contribution in [2.45, 2.75) is 52.1 Å². The SMILES string of the molecule is CCN(C(=O)C1CCCn2c(-c3ccccc3)nnc21)C(C)C. The van der Waals surface area contributed by atoms with Gasteiger partial charge >= 0.3 is 0 Å². The van der Waals surface area contributed by atoms with E-state index in [4.69, 9.17) is 0 Å². The molecule has 1 unspecified atom stereocenters. The zero-order valence-electron chi connectivity index (χ0n) is 14.1. The van der Waals surface area contributed by atoms with Crippen molar-refractivity contribution < 1.29 is 4.79 Å². The van der Waals surface area contributed by atoms with Gasteiger partial charge in [-0.2, -0.15) is 0 Å². The average Bonchev–Trinajstić information content (AvgIpc) is 2.99. The van der Waals surface area contributed by atoms with E-state index in [1.807, 2.05) is 42.2 Å². The Bertz CT molecular complexity index is 678.